The number of rotatable bonds is 5. The average Bonchev–Trinajstić information content (AvgIpc) is 2.53. The van der Waals surface area contributed by atoms with Crippen LogP contribution in [0.1, 0.15) is 27.2 Å². The Kier molecular flexibility index (Phi) is 4.55. The fourth-order valence-electron chi connectivity index (χ4n) is 2.53. The monoisotopic (exact) mass is 263 g/mol. The van der Waals surface area contributed by atoms with Gasteiger partial charge in [-0.3, -0.25) is 9.69 Å². The van der Waals surface area contributed by atoms with Crippen molar-refractivity contribution in [3.63, 3.8) is 0 Å². The smallest absolute Gasteiger partial charge is 0.321 e. The molecule has 0 saturated carbocycles. The molecule has 100 valence electrons. The molecule has 2 unspecified atom stereocenters. The number of carboxylic acids is 1. The van der Waals surface area contributed by atoms with Gasteiger partial charge in [0.05, 0.1) is 11.5 Å². The van der Waals surface area contributed by atoms with Crippen LogP contribution >= 0.6 is 0 Å². The molecule has 1 aliphatic rings. The number of carbonyl (C=O) groups is 1. The van der Waals surface area contributed by atoms with Crippen LogP contribution in [0.15, 0.2) is 0 Å². The molecule has 1 heterocycles. The first kappa shape index (κ1) is 14.4. The van der Waals surface area contributed by atoms with Gasteiger partial charge in [0.15, 0.2) is 9.84 Å². The van der Waals surface area contributed by atoms with Crippen LogP contribution in [0.5, 0.6) is 0 Å². The van der Waals surface area contributed by atoms with Crippen LogP contribution in [-0.4, -0.2) is 54.5 Å². The maximum absolute atomic E-state index is 11.4. The van der Waals surface area contributed by atoms with Gasteiger partial charge in [-0.1, -0.05) is 20.8 Å². The van der Waals surface area contributed by atoms with Crippen molar-refractivity contribution in [1.82, 2.24) is 4.90 Å². The molecule has 17 heavy (non-hydrogen) atoms. The second-order valence-corrected chi connectivity index (χ2v) is 7.14. The summed E-state index contributed by atoms with van der Waals surface area (Å²) < 4.78 is 22.9. The lowest BCUT2D eigenvalue weighted by molar-refractivity contribution is -0.146. The third-order valence-electron chi connectivity index (χ3n) is 3.28. The van der Waals surface area contributed by atoms with Crippen LogP contribution in [0, 0.1) is 5.92 Å². The van der Waals surface area contributed by atoms with Gasteiger partial charge in [0, 0.05) is 6.04 Å². The molecule has 1 saturated heterocycles. The number of nitrogens with zero attached hydrogens (tertiary/aromatic N) is 1. The third-order valence-corrected chi connectivity index (χ3v) is 5.03. The predicted octanol–water partition coefficient (Wildman–Crippen LogP) is 0.605. The molecule has 0 radical (unpaired) electrons. The van der Waals surface area contributed by atoms with E-state index in [0.717, 1.165) is 0 Å². The molecule has 5 nitrogen and oxygen atoms in total. The Labute approximate surface area is 103 Å². The number of aliphatic carboxylic acids is 1. The highest BCUT2D eigenvalue weighted by molar-refractivity contribution is 7.91. The zero-order valence-corrected chi connectivity index (χ0v) is 11.4. The molecular weight excluding hydrogens is 242 g/mol. The first-order chi connectivity index (χ1) is 7.78. The summed E-state index contributed by atoms with van der Waals surface area (Å²) >= 11 is 0. The highest BCUT2D eigenvalue weighted by atomic mass is 32.2. The lowest BCUT2D eigenvalue weighted by atomic mass is 10.0. The van der Waals surface area contributed by atoms with Gasteiger partial charge in [-0.15, -0.1) is 0 Å². The minimum atomic E-state index is -2.97. The van der Waals surface area contributed by atoms with Crippen molar-refractivity contribution < 1.29 is 18.3 Å². The van der Waals surface area contributed by atoms with Crippen molar-refractivity contribution in [1.29, 1.82) is 0 Å². The topological polar surface area (TPSA) is 74.7 Å². The van der Waals surface area contributed by atoms with E-state index in [1.807, 2.05) is 25.7 Å². The minimum absolute atomic E-state index is 0.0317. The summed E-state index contributed by atoms with van der Waals surface area (Å²) in [5.74, 6) is -0.627. The van der Waals surface area contributed by atoms with E-state index in [9.17, 15) is 18.3 Å². The molecule has 1 N–H and O–H groups in total. The number of hydrogen-bond acceptors (Lipinski definition) is 4. The van der Waals surface area contributed by atoms with E-state index in [0.29, 0.717) is 13.0 Å². The fourth-order valence-corrected chi connectivity index (χ4v) is 4.27. The van der Waals surface area contributed by atoms with E-state index in [1.54, 1.807) is 0 Å². The summed E-state index contributed by atoms with van der Waals surface area (Å²) in [4.78, 5) is 13.1. The zero-order valence-electron chi connectivity index (χ0n) is 10.6. The highest BCUT2D eigenvalue weighted by Gasteiger charge is 2.38. The number of hydrogen-bond donors (Lipinski definition) is 1. The quantitative estimate of drug-likeness (QED) is 0.786. The van der Waals surface area contributed by atoms with E-state index >= 15 is 0 Å². The van der Waals surface area contributed by atoms with Gasteiger partial charge < -0.3 is 5.11 Å². The van der Waals surface area contributed by atoms with Crippen LogP contribution in [0.25, 0.3) is 0 Å². The van der Waals surface area contributed by atoms with Crippen molar-refractivity contribution >= 4 is 15.8 Å². The van der Waals surface area contributed by atoms with Crippen molar-refractivity contribution in [2.24, 2.45) is 5.92 Å². The molecule has 2 atom stereocenters. The van der Waals surface area contributed by atoms with Crippen LogP contribution in [0.2, 0.25) is 0 Å². The molecule has 0 amide bonds. The Bertz CT molecular complexity index is 377. The Morgan fingerprint density at radius 2 is 2.06 bits per heavy atom. The maximum atomic E-state index is 11.4. The molecule has 0 aromatic carbocycles. The normalized spacial score (nSPS) is 25.4. The van der Waals surface area contributed by atoms with E-state index < -0.39 is 21.8 Å². The molecule has 0 bridgehead atoms. The van der Waals surface area contributed by atoms with E-state index in [-0.39, 0.29) is 23.5 Å². The largest absolute Gasteiger partial charge is 0.480 e. The average molecular weight is 263 g/mol. The minimum Gasteiger partial charge on any atom is -0.480 e. The van der Waals surface area contributed by atoms with E-state index in [4.69, 9.17) is 0 Å². The van der Waals surface area contributed by atoms with E-state index in [2.05, 4.69) is 0 Å². The fraction of sp³-hybridized carbons (Fsp3) is 0.909. The number of likely N-dealkylation sites (N-methyl/N-ethyl adjacent to an activating group) is 1. The highest BCUT2D eigenvalue weighted by Crippen LogP contribution is 2.22. The van der Waals surface area contributed by atoms with Gasteiger partial charge in [0.25, 0.3) is 0 Å². The van der Waals surface area contributed by atoms with Gasteiger partial charge in [0.2, 0.25) is 0 Å². The summed E-state index contributed by atoms with van der Waals surface area (Å²) in [6, 6.07) is -0.744. The molecule has 0 spiro atoms. The van der Waals surface area contributed by atoms with Crippen LogP contribution in [0.4, 0.5) is 0 Å². The summed E-state index contributed by atoms with van der Waals surface area (Å²) in [5, 5.41) is 9.24. The zero-order chi connectivity index (χ0) is 13.2. The number of sulfone groups is 1. The Balaban J connectivity index is 2.87. The lowest BCUT2D eigenvalue weighted by Gasteiger charge is -2.34. The SMILES string of the molecule is CCN(C1CCS(=O)(=O)C1)C(C(=O)O)C(C)C. The van der Waals surface area contributed by atoms with Crippen LogP contribution in [0.3, 0.4) is 0 Å². The molecule has 0 aliphatic carbocycles. The third kappa shape index (κ3) is 3.42. The molecule has 1 fully saturated rings. The van der Waals surface area contributed by atoms with Crippen molar-refractivity contribution in [3.8, 4) is 0 Å². The first-order valence-corrected chi connectivity index (χ1v) is 7.79. The Morgan fingerprint density at radius 1 is 1.47 bits per heavy atom. The number of carboxylic acid groups (broad SMARTS) is 1. The van der Waals surface area contributed by atoms with Crippen LogP contribution < -0.4 is 0 Å². The Morgan fingerprint density at radius 3 is 2.35 bits per heavy atom. The van der Waals surface area contributed by atoms with Gasteiger partial charge in [-0.05, 0) is 18.9 Å². The van der Waals surface area contributed by atoms with Crippen molar-refractivity contribution in [2.45, 2.75) is 39.3 Å². The molecule has 0 aromatic rings. The lowest BCUT2D eigenvalue weighted by Crippen LogP contribution is -2.50. The van der Waals surface area contributed by atoms with Gasteiger partial charge in [-0.2, -0.15) is 0 Å². The second kappa shape index (κ2) is 5.35. The molecule has 6 heteroatoms. The van der Waals surface area contributed by atoms with Crippen molar-refractivity contribution in [2.75, 3.05) is 18.1 Å². The first-order valence-electron chi connectivity index (χ1n) is 5.97. The van der Waals surface area contributed by atoms with Gasteiger partial charge in [0.1, 0.15) is 6.04 Å². The van der Waals surface area contributed by atoms with Crippen molar-refractivity contribution in [3.05, 3.63) is 0 Å². The summed E-state index contributed by atoms with van der Waals surface area (Å²) in [6.07, 6.45) is 0.548. The Hall–Kier alpha value is -0.620. The molecular formula is C11H21NO4S. The van der Waals surface area contributed by atoms with Crippen LogP contribution in [-0.2, 0) is 14.6 Å². The molecule has 1 rings (SSSR count). The van der Waals surface area contributed by atoms with Gasteiger partial charge >= 0.3 is 5.97 Å². The predicted molar refractivity (Wildman–Crippen MR) is 65.7 cm³/mol. The van der Waals surface area contributed by atoms with Gasteiger partial charge in [-0.25, -0.2) is 8.42 Å². The summed E-state index contributed by atoms with van der Waals surface area (Å²) in [5.41, 5.74) is 0. The second-order valence-electron chi connectivity index (χ2n) is 4.91. The molecule has 1 aliphatic heterocycles. The van der Waals surface area contributed by atoms with E-state index in [1.165, 1.54) is 0 Å². The maximum Gasteiger partial charge on any atom is 0.321 e. The molecule has 0 aromatic heterocycles. The standard InChI is InChI=1S/C11H21NO4S/c1-4-12(10(8(2)3)11(13)14)9-5-6-17(15,16)7-9/h8-10H,4-7H2,1-3H3,(H,13,14). The summed E-state index contributed by atoms with van der Waals surface area (Å²) in [7, 11) is -2.97. The summed E-state index contributed by atoms with van der Waals surface area (Å²) in [6.45, 7) is 6.15.